The molecule has 0 spiro atoms. The summed E-state index contributed by atoms with van der Waals surface area (Å²) in [5.74, 6) is -0.174. The van der Waals surface area contributed by atoms with E-state index in [-0.39, 0.29) is 11.6 Å². The minimum atomic E-state index is -0.453. The van der Waals surface area contributed by atoms with Crippen molar-refractivity contribution in [3.63, 3.8) is 0 Å². The molecule has 1 aromatic carbocycles. The van der Waals surface area contributed by atoms with Crippen LogP contribution in [0.4, 0.5) is 5.69 Å². The molecule has 0 bridgehead atoms. The van der Waals surface area contributed by atoms with E-state index in [0.717, 1.165) is 38.4 Å². The van der Waals surface area contributed by atoms with Gasteiger partial charge in [0.1, 0.15) is 0 Å². The van der Waals surface area contributed by atoms with Crippen molar-refractivity contribution in [3.8, 4) is 0 Å². The predicted octanol–water partition coefficient (Wildman–Crippen LogP) is 1.06. The SMILES string of the molecule is O=C(/C=C\c1ccc([N+](=O)[O-])cc1)NCCN1CCOCC1. The Hall–Kier alpha value is -2.25. The van der Waals surface area contributed by atoms with Crippen molar-refractivity contribution in [1.82, 2.24) is 10.2 Å². The smallest absolute Gasteiger partial charge is 0.269 e. The van der Waals surface area contributed by atoms with Crippen LogP contribution in [-0.4, -0.2) is 55.1 Å². The van der Waals surface area contributed by atoms with Crippen molar-refractivity contribution in [2.45, 2.75) is 0 Å². The second-order valence-electron chi connectivity index (χ2n) is 4.93. The van der Waals surface area contributed by atoms with Crippen molar-refractivity contribution in [2.24, 2.45) is 0 Å². The first-order chi connectivity index (χ1) is 10.6. The molecule has 1 fully saturated rings. The van der Waals surface area contributed by atoms with Crippen molar-refractivity contribution in [3.05, 3.63) is 46.0 Å². The van der Waals surface area contributed by atoms with E-state index < -0.39 is 4.92 Å². The van der Waals surface area contributed by atoms with Crippen molar-refractivity contribution >= 4 is 17.7 Å². The molecule has 0 radical (unpaired) electrons. The van der Waals surface area contributed by atoms with Gasteiger partial charge >= 0.3 is 0 Å². The molecule has 0 unspecified atom stereocenters. The third-order valence-corrected chi connectivity index (χ3v) is 3.36. The standard InChI is InChI=1S/C15H19N3O4/c19-15(16-7-8-17-9-11-22-12-10-17)6-3-13-1-4-14(5-2-13)18(20)21/h1-6H,7-12H2,(H,16,19)/b6-3-. The van der Waals surface area contributed by atoms with Gasteiger partial charge < -0.3 is 10.1 Å². The summed E-state index contributed by atoms with van der Waals surface area (Å²) >= 11 is 0. The Morgan fingerprint density at radius 2 is 2.00 bits per heavy atom. The normalized spacial score (nSPS) is 15.8. The first kappa shape index (κ1) is 16.1. The Morgan fingerprint density at radius 3 is 2.64 bits per heavy atom. The van der Waals surface area contributed by atoms with Crippen LogP contribution in [0.15, 0.2) is 30.3 Å². The molecule has 1 aliphatic heterocycles. The summed E-state index contributed by atoms with van der Waals surface area (Å²) in [5, 5.41) is 13.4. The predicted molar refractivity (Wildman–Crippen MR) is 82.4 cm³/mol. The largest absolute Gasteiger partial charge is 0.379 e. The maximum absolute atomic E-state index is 11.7. The van der Waals surface area contributed by atoms with Gasteiger partial charge in [-0.2, -0.15) is 0 Å². The number of non-ortho nitro benzene ring substituents is 1. The lowest BCUT2D eigenvalue weighted by molar-refractivity contribution is -0.384. The number of nitrogens with one attached hydrogen (secondary N) is 1. The molecule has 0 saturated carbocycles. The maximum Gasteiger partial charge on any atom is 0.269 e. The molecule has 0 aromatic heterocycles. The summed E-state index contributed by atoms with van der Waals surface area (Å²) in [6, 6.07) is 6.04. The lowest BCUT2D eigenvalue weighted by Gasteiger charge is -2.26. The van der Waals surface area contributed by atoms with Crippen LogP contribution >= 0.6 is 0 Å². The van der Waals surface area contributed by atoms with Crippen LogP contribution in [0.5, 0.6) is 0 Å². The van der Waals surface area contributed by atoms with Crippen molar-refractivity contribution in [1.29, 1.82) is 0 Å². The summed E-state index contributed by atoms with van der Waals surface area (Å²) < 4.78 is 5.26. The van der Waals surface area contributed by atoms with E-state index in [4.69, 9.17) is 4.74 Å². The van der Waals surface area contributed by atoms with E-state index >= 15 is 0 Å². The fraction of sp³-hybridized carbons (Fsp3) is 0.400. The number of morpholine rings is 1. The molecule has 1 aliphatic rings. The molecule has 7 heteroatoms. The highest BCUT2D eigenvalue weighted by atomic mass is 16.6. The third kappa shape index (κ3) is 5.27. The van der Waals surface area contributed by atoms with Crippen molar-refractivity contribution < 1.29 is 14.5 Å². The number of hydrogen-bond donors (Lipinski definition) is 1. The van der Waals surface area contributed by atoms with E-state index in [2.05, 4.69) is 10.2 Å². The molecule has 1 heterocycles. The molecular formula is C15H19N3O4. The Labute approximate surface area is 128 Å². The average Bonchev–Trinajstić information content (AvgIpc) is 2.54. The van der Waals surface area contributed by atoms with E-state index in [1.165, 1.54) is 18.2 Å². The Morgan fingerprint density at radius 1 is 1.32 bits per heavy atom. The summed E-state index contributed by atoms with van der Waals surface area (Å²) in [6.07, 6.45) is 3.06. The van der Waals surface area contributed by atoms with Gasteiger partial charge in [-0.3, -0.25) is 19.8 Å². The van der Waals surface area contributed by atoms with Gasteiger partial charge in [0, 0.05) is 44.4 Å². The molecule has 0 aliphatic carbocycles. The molecule has 1 aromatic rings. The molecule has 7 nitrogen and oxygen atoms in total. The number of carbonyl (C=O) groups excluding carboxylic acids is 1. The van der Waals surface area contributed by atoms with E-state index in [0.29, 0.717) is 6.54 Å². The first-order valence-corrected chi connectivity index (χ1v) is 7.15. The number of hydrogen-bond acceptors (Lipinski definition) is 5. The van der Waals surface area contributed by atoms with Crippen LogP contribution in [0.1, 0.15) is 5.56 Å². The highest BCUT2D eigenvalue weighted by molar-refractivity contribution is 5.91. The van der Waals surface area contributed by atoms with E-state index in [9.17, 15) is 14.9 Å². The zero-order valence-corrected chi connectivity index (χ0v) is 12.2. The van der Waals surface area contributed by atoms with Gasteiger partial charge in [0.15, 0.2) is 0 Å². The fourth-order valence-corrected chi connectivity index (χ4v) is 2.10. The zero-order chi connectivity index (χ0) is 15.8. The molecule has 0 atom stereocenters. The zero-order valence-electron chi connectivity index (χ0n) is 12.2. The molecule has 1 saturated heterocycles. The van der Waals surface area contributed by atoms with E-state index in [1.54, 1.807) is 18.2 Å². The maximum atomic E-state index is 11.7. The van der Waals surface area contributed by atoms with Gasteiger partial charge in [-0.05, 0) is 23.8 Å². The summed E-state index contributed by atoms with van der Waals surface area (Å²) in [7, 11) is 0. The highest BCUT2D eigenvalue weighted by Crippen LogP contribution is 2.12. The Bertz CT molecular complexity index is 536. The molecule has 1 amide bonds. The Balaban J connectivity index is 1.72. The lowest BCUT2D eigenvalue weighted by atomic mass is 10.2. The van der Waals surface area contributed by atoms with Gasteiger partial charge in [0.25, 0.3) is 5.69 Å². The second-order valence-corrected chi connectivity index (χ2v) is 4.93. The molecule has 2 rings (SSSR count). The summed E-state index contributed by atoms with van der Waals surface area (Å²) in [4.78, 5) is 24.0. The van der Waals surface area contributed by atoms with Gasteiger partial charge in [-0.1, -0.05) is 0 Å². The topological polar surface area (TPSA) is 84.7 Å². The number of rotatable bonds is 6. The number of amides is 1. The van der Waals surface area contributed by atoms with Crippen LogP contribution in [0.25, 0.3) is 6.08 Å². The number of nitrogens with zero attached hydrogens (tertiary/aromatic N) is 2. The van der Waals surface area contributed by atoms with Gasteiger partial charge in [-0.25, -0.2) is 0 Å². The van der Waals surface area contributed by atoms with Gasteiger partial charge in [0.05, 0.1) is 18.1 Å². The van der Waals surface area contributed by atoms with Crippen molar-refractivity contribution in [2.75, 3.05) is 39.4 Å². The first-order valence-electron chi connectivity index (χ1n) is 7.15. The average molecular weight is 305 g/mol. The molecule has 118 valence electrons. The molecule has 22 heavy (non-hydrogen) atoms. The van der Waals surface area contributed by atoms with Crippen LogP contribution in [-0.2, 0) is 9.53 Å². The van der Waals surface area contributed by atoms with Crippen LogP contribution < -0.4 is 5.32 Å². The summed E-state index contributed by atoms with van der Waals surface area (Å²) in [5.41, 5.74) is 0.779. The van der Waals surface area contributed by atoms with Crippen LogP contribution in [0.2, 0.25) is 0 Å². The number of carbonyl (C=O) groups is 1. The number of nitro benzene ring substituents is 1. The monoisotopic (exact) mass is 305 g/mol. The van der Waals surface area contributed by atoms with Gasteiger partial charge in [0.2, 0.25) is 5.91 Å². The minimum Gasteiger partial charge on any atom is -0.379 e. The quantitative estimate of drug-likeness (QED) is 0.482. The summed E-state index contributed by atoms with van der Waals surface area (Å²) in [6.45, 7) is 4.68. The Kier molecular flexibility index (Phi) is 6.05. The second kappa shape index (κ2) is 8.26. The van der Waals surface area contributed by atoms with E-state index in [1.807, 2.05) is 0 Å². The van der Waals surface area contributed by atoms with Crippen LogP contribution in [0.3, 0.4) is 0 Å². The number of ether oxygens (including phenoxy) is 1. The lowest BCUT2D eigenvalue weighted by Crippen LogP contribution is -2.41. The number of nitro groups is 1. The molecule has 1 N–H and O–H groups in total. The third-order valence-electron chi connectivity index (χ3n) is 3.36. The van der Waals surface area contributed by atoms with Gasteiger partial charge in [-0.15, -0.1) is 0 Å². The fourth-order valence-electron chi connectivity index (χ4n) is 2.10. The number of benzene rings is 1. The molecular weight excluding hydrogens is 286 g/mol. The highest BCUT2D eigenvalue weighted by Gasteiger charge is 2.09. The minimum absolute atomic E-state index is 0.0344. The van der Waals surface area contributed by atoms with Crippen LogP contribution in [0, 0.1) is 10.1 Å².